The number of aliphatic hydroxyl groups is 3. The Morgan fingerprint density at radius 1 is 1.18 bits per heavy atom. The molecule has 3 aliphatic rings. The first-order valence-electron chi connectivity index (χ1n) is 12.8. The van der Waals surface area contributed by atoms with Crippen LogP contribution in [0.3, 0.4) is 0 Å². The molecular formula is C27H34N4O9. The van der Waals surface area contributed by atoms with Crippen LogP contribution in [-0.4, -0.2) is 95.3 Å². The highest BCUT2D eigenvalue weighted by molar-refractivity contribution is 6.24. The van der Waals surface area contributed by atoms with Crippen LogP contribution in [0.5, 0.6) is 5.75 Å². The Kier molecular flexibility index (Phi) is 7.32. The van der Waals surface area contributed by atoms with E-state index in [0.717, 1.165) is 0 Å². The summed E-state index contributed by atoms with van der Waals surface area (Å²) in [6, 6.07) is 0.348. The zero-order valence-corrected chi connectivity index (χ0v) is 22.9. The Morgan fingerprint density at radius 2 is 1.82 bits per heavy atom. The Labute approximate surface area is 230 Å². The largest absolute Gasteiger partial charge is 0.508 e. The number of hydrogen-bond acceptors (Lipinski definition) is 11. The smallest absolute Gasteiger partial charge is 0.411 e. The van der Waals surface area contributed by atoms with Crippen LogP contribution < -0.4 is 16.0 Å². The molecule has 1 saturated carbocycles. The van der Waals surface area contributed by atoms with E-state index in [4.69, 9.17) is 10.5 Å². The Morgan fingerprint density at radius 3 is 2.38 bits per heavy atom. The predicted molar refractivity (Wildman–Crippen MR) is 144 cm³/mol. The van der Waals surface area contributed by atoms with E-state index in [1.54, 1.807) is 19.0 Å². The lowest BCUT2D eigenvalue weighted by Gasteiger charge is -2.50. The number of carbonyl (C=O) groups excluding carboxylic acids is 4. The van der Waals surface area contributed by atoms with Crippen molar-refractivity contribution < 1.29 is 44.3 Å². The monoisotopic (exact) mass is 558 g/mol. The van der Waals surface area contributed by atoms with Gasteiger partial charge in [0.1, 0.15) is 17.1 Å². The SMILES string of the molecule is CCCOC(=O)Nc1cc(N(C)C)c2c(c1O)C(O)=C1C(=O)C3(O)C(O)=C(C(N)=O)C(=O)C(N(C)C)C3CC1C2. The first-order valence-corrected chi connectivity index (χ1v) is 12.8. The first kappa shape index (κ1) is 28.9. The van der Waals surface area contributed by atoms with Gasteiger partial charge in [-0.15, -0.1) is 0 Å². The summed E-state index contributed by atoms with van der Waals surface area (Å²) in [6.07, 6.45) is -0.158. The molecule has 3 aliphatic carbocycles. The normalized spacial score (nSPS) is 25.8. The van der Waals surface area contributed by atoms with Crippen molar-refractivity contribution in [1.82, 2.24) is 4.90 Å². The second kappa shape index (κ2) is 10.1. The van der Waals surface area contributed by atoms with Gasteiger partial charge in [-0.3, -0.25) is 24.6 Å². The van der Waals surface area contributed by atoms with Crippen molar-refractivity contribution in [3.05, 3.63) is 34.1 Å². The van der Waals surface area contributed by atoms with Crippen LogP contribution >= 0.6 is 0 Å². The van der Waals surface area contributed by atoms with E-state index < -0.39 is 69.9 Å². The van der Waals surface area contributed by atoms with E-state index in [1.165, 1.54) is 25.1 Å². The van der Waals surface area contributed by atoms with Crippen LogP contribution in [0, 0.1) is 11.8 Å². The van der Waals surface area contributed by atoms with Gasteiger partial charge in [-0.25, -0.2) is 4.79 Å². The quantitative estimate of drug-likeness (QED) is 0.215. The lowest BCUT2D eigenvalue weighted by atomic mass is 9.57. The summed E-state index contributed by atoms with van der Waals surface area (Å²) in [5.74, 6) is -7.45. The number of anilines is 2. The number of aromatic hydroxyl groups is 1. The maximum Gasteiger partial charge on any atom is 0.411 e. The van der Waals surface area contributed by atoms with Gasteiger partial charge in [0.05, 0.1) is 23.9 Å². The minimum atomic E-state index is -2.73. The topological polar surface area (TPSA) is 203 Å². The number of ether oxygens (including phenoxy) is 1. The minimum absolute atomic E-state index is 0.0251. The Hall–Kier alpha value is -4.10. The molecule has 13 nitrogen and oxygen atoms in total. The molecule has 40 heavy (non-hydrogen) atoms. The van der Waals surface area contributed by atoms with Gasteiger partial charge in [0, 0.05) is 31.3 Å². The molecular weight excluding hydrogens is 524 g/mol. The predicted octanol–water partition coefficient (Wildman–Crippen LogP) is 0.989. The molecule has 0 spiro atoms. The van der Waals surface area contributed by atoms with E-state index in [-0.39, 0.29) is 36.3 Å². The molecule has 0 aliphatic heterocycles. The highest BCUT2D eigenvalue weighted by atomic mass is 16.5. The van der Waals surface area contributed by atoms with E-state index in [2.05, 4.69) is 5.32 Å². The maximum absolute atomic E-state index is 14.0. The molecule has 0 bridgehead atoms. The summed E-state index contributed by atoms with van der Waals surface area (Å²) < 4.78 is 5.04. The molecule has 1 aromatic rings. The number of fused-ring (bicyclic) bond motifs is 3. The van der Waals surface area contributed by atoms with Crippen molar-refractivity contribution >= 4 is 40.7 Å². The van der Waals surface area contributed by atoms with Crippen LogP contribution in [0.15, 0.2) is 23.0 Å². The van der Waals surface area contributed by atoms with Gasteiger partial charge in [0.25, 0.3) is 5.91 Å². The molecule has 4 atom stereocenters. The van der Waals surface area contributed by atoms with Gasteiger partial charge in [-0.05, 0) is 50.9 Å². The van der Waals surface area contributed by atoms with Gasteiger partial charge in [0.2, 0.25) is 5.78 Å². The number of rotatable bonds is 6. The number of amides is 2. The molecule has 13 heteroatoms. The summed E-state index contributed by atoms with van der Waals surface area (Å²) in [5.41, 5.74) is 2.25. The van der Waals surface area contributed by atoms with Crippen molar-refractivity contribution in [3.63, 3.8) is 0 Å². The average Bonchev–Trinajstić information content (AvgIpc) is 2.85. The zero-order chi connectivity index (χ0) is 29.8. The third-order valence-electron chi connectivity index (χ3n) is 7.85. The van der Waals surface area contributed by atoms with Crippen molar-refractivity contribution in [1.29, 1.82) is 0 Å². The molecule has 1 aromatic carbocycles. The molecule has 4 unspecified atom stereocenters. The van der Waals surface area contributed by atoms with E-state index in [9.17, 15) is 39.6 Å². The summed E-state index contributed by atoms with van der Waals surface area (Å²) >= 11 is 0. The lowest BCUT2D eigenvalue weighted by Crippen LogP contribution is -2.65. The Bertz CT molecular complexity index is 1380. The molecule has 216 valence electrons. The number of nitrogens with one attached hydrogen (secondary N) is 1. The molecule has 0 aromatic heterocycles. The lowest BCUT2D eigenvalue weighted by molar-refractivity contribution is -0.153. The highest BCUT2D eigenvalue weighted by Gasteiger charge is 2.64. The van der Waals surface area contributed by atoms with Gasteiger partial charge in [-0.1, -0.05) is 6.92 Å². The van der Waals surface area contributed by atoms with E-state index >= 15 is 0 Å². The number of phenols is 1. The van der Waals surface area contributed by atoms with Crippen LogP contribution in [0.1, 0.15) is 30.9 Å². The number of aliphatic hydroxyl groups excluding tert-OH is 2. The number of ketones is 2. The molecule has 2 amide bonds. The standard InChI is InChI=1S/C27H34N4O9/c1-6-7-40-26(38)29-14-10-15(30(2)3)12-8-11-9-13-19(31(4)5)22(34)18(25(28)37)24(36)27(13,39)23(35)16(11)21(33)17(12)20(14)32/h10-11,13,19,32-33,36,39H,6-9H2,1-5H3,(H2,28,37)(H,29,38). The maximum atomic E-state index is 14.0. The summed E-state index contributed by atoms with van der Waals surface area (Å²) in [4.78, 5) is 54.7. The molecule has 0 radical (unpaired) electrons. The number of nitrogens with two attached hydrogens (primary N) is 1. The van der Waals surface area contributed by atoms with Gasteiger partial charge in [-0.2, -0.15) is 0 Å². The first-order chi connectivity index (χ1) is 18.7. The summed E-state index contributed by atoms with van der Waals surface area (Å²) in [5, 5.41) is 47.7. The second-order valence-electron chi connectivity index (χ2n) is 10.8. The fourth-order valence-electron chi connectivity index (χ4n) is 6.13. The second-order valence-corrected chi connectivity index (χ2v) is 10.8. The zero-order valence-electron chi connectivity index (χ0n) is 22.9. The van der Waals surface area contributed by atoms with E-state index in [1.807, 2.05) is 6.92 Å². The number of benzene rings is 1. The summed E-state index contributed by atoms with van der Waals surface area (Å²) in [6.45, 7) is 1.96. The number of phenolic OH excluding ortho intramolecular Hbond substituents is 1. The summed E-state index contributed by atoms with van der Waals surface area (Å²) in [7, 11) is 6.53. The average molecular weight is 559 g/mol. The molecule has 0 heterocycles. The van der Waals surface area contributed by atoms with Crippen molar-refractivity contribution in [2.45, 2.75) is 37.8 Å². The fourth-order valence-corrected chi connectivity index (χ4v) is 6.13. The highest BCUT2D eigenvalue weighted by Crippen LogP contribution is 2.54. The number of hydrogen-bond donors (Lipinski definition) is 6. The molecule has 4 rings (SSSR count). The van der Waals surface area contributed by atoms with Gasteiger partial charge >= 0.3 is 6.09 Å². The Balaban J connectivity index is 1.93. The van der Waals surface area contributed by atoms with Crippen LogP contribution in [0.2, 0.25) is 0 Å². The number of carbonyl (C=O) groups is 4. The van der Waals surface area contributed by atoms with E-state index in [0.29, 0.717) is 17.7 Å². The molecule has 7 N–H and O–H groups in total. The van der Waals surface area contributed by atoms with Crippen molar-refractivity contribution in [3.8, 4) is 5.75 Å². The number of primary amides is 1. The van der Waals surface area contributed by atoms with Gasteiger partial charge in [0.15, 0.2) is 17.1 Å². The third-order valence-corrected chi connectivity index (χ3v) is 7.85. The number of likely N-dealkylation sites (N-methyl/N-ethyl adjacent to an activating group) is 1. The fraction of sp³-hybridized carbons (Fsp3) is 0.481. The van der Waals surface area contributed by atoms with Crippen LogP contribution in [-0.2, 0) is 25.5 Å². The minimum Gasteiger partial charge on any atom is -0.508 e. The van der Waals surface area contributed by atoms with Crippen LogP contribution in [0.25, 0.3) is 5.76 Å². The molecule has 0 saturated heterocycles. The van der Waals surface area contributed by atoms with Crippen molar-refractivity contribution in [2.75, 3.05) is 45.0 Å². The van der Waals surface area contributed by atoms with Crippen LogP contribution in [0.4, 0.5) is 16.2 Å². The van der Waals surface area contributed by atoms with Gasteiger partial charge < -0.3 is 35.8 Å². The number of Topliss-reactive ketones (excluding diaryl/α,β-unsaturated/α-hetero) is 2. The van der Waals surface area contributed by atoms with Crippen molar-refractivity contribution in [2.24, 2.45) is 17.6 Å². The third kappa shape index (κ3) is 4.16. The number of nitrogens with zero attached hydrogens (tertiary/aromatic N) is 2. The molecule has 1 fully saturated rings.